The zero-order chi connectivity index (χ0) is 11.0. The van der Waals surface area contributed by atoms with Crippen LogP contribution in [0.3, 0.4) is 0 Å². The molecule has 0 spiro atoms. The molecule has 4 nitrogen and oxygen atoms in total. The van der Waals surface area contributed by atoms with Gasteiger partial charge in [0.25, 0.3) is 0 Å². The molecule has 0 saturated carbocycles. The highest BCUT2D eigenvalue weighted by molar-refractivity contribution is 5.88. The number of carbonyl (C=O) groups is 1. The molecule has 0 aromatic heterocycles. The van der Waals surface area contributed by atoms with Crippen molar-refractivity contribution in [3.8, 4) is 0 Å². The minimum absolute atomic E-state index is 0.457. The summed E-state index contributed by atoms with van der Waals surface area (Å²) >= 11 is 0. The summed E-state index contributed by atoms with van der Waals surface area (Å²) in [5, 5.41) is 0. The molecule has 4 heteroatoms. The minimum atomic E-state index is -1.10. The van der Waals surface area contributed by atoms with E-state index in [1.54, 1.807) is 25.1 Å². The predicted molar refractivity (Wildman–Crippen MR) is 52.6 cm³/mol. The fraction of sp³-hybridized carbons (Fsp3) is 0.500. The van der Waals surface area contributed by atoms with Gasteiger partial charge in [0.15, 0.2) is 5.72 Å². The Morgan fingerprint density at radius 3 is 2.21 bits per heavy atom. The minimum Gasteiger partial charge on any atom is -0.466 e. The Kier molecular flexibility index (Phi) is 2.52. The molecule has 1 aliphatic heterocycles. The van der Waals surface area contributed by atoms with Crippen molar-refractivity contribution in [3.05, 3.63) is 25.3 Å². The average molecular weight is 197 g/mol. The van der Waals surface area contributed by atoms with Crippen molar-refractivity contribution in [1.29, 1.82) is 0 Å². The lowest BCUT2D eigenvalue weighted by Gasteiger charge is -2.19. The van der Waals surface area contributed by atoms with Crippen LogP contribution >= 0.6 is 0 Å². The van der Waals surface area contributed by atoms with E-state index in [1.807, 2.05) is 0 Å². The first-order chi connectivity index (χ1) is 6.50. The van der Waals surface area contributed by atoms with Crippen LogP contribution in [0, 0.1) is 0 Å². The van der Waals surface area contributed by atoms with Crippen molar-refractivity contribution in [3.63, 3.8) is 0 Å². The van der Waals surface area contributed by atoms with E-state index in [0.29, 0.717) is 0 Å². The smallest absolute Gasteiger partial charge is 0.347 e. The number of methoxy groups -OCH3 is 1. The van der Waals surface area contributed by atoms with Crippen LogP contribution in [0.5, 0.6) is 0 Å². The average Bonchev–Trinajstić information content (AvgIpc) is 2.88. The van der Waals surface area contributed by atoms with Crippen molar-refractivity contribution >= 4 is 5.97 Å². The molecule has 0 bridgehead atoms. The normalized spacial score (nSPS) is 35.1. The number of likely N-dealkylation sites (N-methyl/N-ethyl adjacent to an activating group) is 1. The van der Waals surface area contributed by atoms with Crippen LogP contribution in [0.2, 0.25) is 0 Å². The van der Waals surface area contributed by atoms with Gasteiger partial charge in [-0.2, -0.15) is 0 Å². The molecule has 0 unspecified atom stereocenters. The van der Waals surface area contributed by atoms with Gasteiger partial charge in [-0.15, -0.1) is 0 Å². The predicted octanol–water partition coefficient (Wildman–Crippen LogP) is 0.558. The molecular weight excluding hydrogens is 182 g/mol. The molecule has 0 amide bonds. The number of ether oxygens (including phenoxy) is 2. The number of esters is 1. The van der Waals surface area contributed by atoms with Gasteiger partial charge in [0, 0.05) is 0 Å². The van der Waals surface area contributed by atoms with Crippen LogP contribution < -0.4 is 0 Å². The van der Waals surface area contributed by atoms with E-state index in [4.69, 9.17) is 4.74 Å². The molecule has 14 heavy (non-hydrogen) atoms. The number of rotatable bonds is 4. The number of nitrogens with zero attached hydrogens (tertiary/aromatic N) is 1. The van der Waals surface area contributed by atoms with Gasteiger partial charge < -0.3 is 9.47 Å². The maximum Gasteiger partial charge on any atom is 0.347 e. The van der Waals surface area contributed by atoms with Gasteiger partial charge in [-0.1, -0.05) is 13.2 Å². The van der Waals surface area contributed by atoms with Gasteiger partial charge in [0.2, 0.25) is 5.60 Å². The third-order valence-electron chi connectivity index (χ3n) is 2.52. The maximum absolute atomic E-state index is 11.5. The second-order valence-corrected chi connectivity index (χ2v) is 3.33. The van der Waals surface area contributed by atoms with Gasteiger partial charge in [0.05, 0.1) is 7.11 Å². The van der Waals surface area contributed by atoms with Crippen LogP contribution in [0.25, 0.3) is 0 Å². The van der Waals surface area contributed by atoms with E-state index >= 15 is 0 Å². The van der Waals surface area contributed by atoms with Crippen molar-refractivity contribution in [2.75, 3.05) is 21.2 Å². The van der Waals surface area contributed by atoms with Gasteiger partial charge in [0.1, 0.15) is 0 Å². The SMILES string of the molecule is C=C[C@@]1(C(=O)OC)O[C@]1(C=C)N(C)C. The summed E-state index contributed by atoms with van der Waals surface area (Å²) in [4.78, 5) is 13.3. The first-order valence-corrected chi connectivity index (χ1v) is 4.24. The van der Waals surface area contributed by atoms with Crippen molar-refractivity contribution in [2.24, 2.45) is 0 Å². The Labute approximate surface area is 83.8 Å². The fourth-order valence-corrected chi connectivity index (χ4v) is 1.63. The van der Waals surface area contributed by atoms with Gasteiger partial charge in [-0.05, 0) is 26.2 Å². The molecule has 0 aromatic carbocycles. The molecule has 78 valence electrons. The molecule has 1 saturated heterocycles. The number of epoxide rings is 1. The van der Waals surface area contributed by atoms with Gasteiger partial charge in [-0.3, -0.25) is 4.90 Å². The van der Waals surface area contributed by atoms with Crippen LogP contribution in [0.15, 0.2) is 25.3 Å². The van der Waals surface area contributed by atoms with Crippen LogP contribution in [-0.4, -0.2) is 43.4 Å². The van der Waals surface area contributed by atoms with Crippen molar-refractivity contribution < 1.29 is 14.3 Å². The lowest BCUT2D eigenvalue weighted by atomic mass is 9.99. The molecule has 0 aliphatic carbocycles. The third-order valence-corrected chi connectivity index (χ3v) is 2.52. The number of carbonyl (C=O) groups excluding carboxylic acids is 1. The summed E-state index contributed by atoms with van der Waals surface area (Å²) in [5.74, 6) is -0.457. The standard InChI is InChI=1S/C10H15NO3/c1-6-9(8(12)13-5)10(7-2,14-9)11(3)4/h6-7H,1-2H2,3-5H3/t9-,10-/m0/s1. The fourth-order valence-electron chi connectivity index (χ4n) is 1.63. The monoisotopic (exact) mass is 197 g/mol. The Bertz CT molecular complexity index is 287. The van der Waals surface area contributed by atoms with E-state index < -0.39 is 17.3 Å². The summed E-state index contributed by atoms with van der Waals surface area (Å²) < 4.78 is 10.1. The highest BCUT2D eigenvalue weighted by atomic mass is 16.7. The van der Waals surface area contributed by atoms with Gasteiger partial charge in [-0.25, -0.2) is 4.79 Å². The lowest BCUT2D eigenvalue weighted by molar-refractivity contribution is -0.145. The Morgan fingerprint density at radius 1 is 1.43 bits per heavy atom. The van der Waals surface area contributed by atoms with Gasteiger partial charge >= 0.3 is 5.97 Å². The van der Waals surface area contributed by atoms with E-state index in [-0.39, 0.29) is 0 Å². The number of hydrogen-bond donors (Lipinski definition) is 0. The molecule has 0 radical (unpaired) electrons. The molecule has 1 rings (SSSR count). The molecule has 2 atom stereocenters. The van der Waals surface area contributed by atoms with E-state index in [1.165, 1.54) is 13.2 Å². The van der Waals surface area contributed by atoms with E-state index in [0.717, 1.165) is 0 Å². The van der Waals surface area contributed by atoms with E-state index in [2.05, 4.69) is 17.9 Å². The zero-order valence-electron chi connectivity index (χ0n) is 8.74. The Morgan fingerprint density at radius 2 is 2.00 bits per heavy atom. The Hall–Kier alpha value is -1.13. The molecule has 1 fully saturated rings. The molecule has 1 heterocycles. The maximum atomic E-state index is 11.5. The summed E-state index contributed by atoms with van der Waals surface area (Å²) in [6, 6.07) is 0. The van der Waals surface area contributed by atoms with Crippen LogP contribution in [-0.2, 0) is 14.3 Å². The van der Waals surface area contributed by atoms with Crippen molar-refractivity contribution in [2.45, 2.75) is 11.3 Å². The third kappa shape index (κ3) is 1.04. The van der Waals surface area contributed by atoms with E-state index in [9.17, 15) is 4.79 Å². The molecular formula is C10H15NO3. The first kappa shape index (κ1) is 10.9. The summed E-state index contributed by atoms with van der Waals surface area (Å²) in [6.45, 7) is 7.24. The zero-order valence-corrected chi connectivity index (χ0v) is 8.74. The summed E-state index contributed by atoms with van der Waals surface area (Å²) in [7, 11) is 4.92. The van der Waals surface area contributed by atoms with Crippen molar-refractivity contribution in [1.82, 2.24) is 4.90 Å². The van der Waals surface area contributed by atoms with Crippen LogP contribution in [0.4, 0.5) is 0 Å². The molecule has 0 aromatic rings. The quantitative estimate of drug-likeness (QED) is 0.375. The molecule has 0 N–H and O–H groups in total. The first-order valence-electron chi connectivity index (χ1n) is 4.24. The second kappa shape index (κ2) is 3.22. The largest absolute Gasteiger partial charge is 0.466 e. The Balaban J connectivity index is 3.05. The second-order valence-electron chi connectivity index (χ2n) is 3.33. The van der Waals surface area contributed by atoms with Crippen LogP contribution in [0.1, 0.15) is 0 Å². The lowest BCUT2D eigenvalue weighted by Crippen LogP contribution is -2.41. The topological polar surface area (TPSA) is 42.1 Å². The molecule has 1 aliphatic rings. The highest BCUT2D eigenvalue weighted by Crippen LogP contribution is 2.51. The summed E-state index contributed by atoms with van der Waals surface area (Å²) in [6.07, 6.45) is 3.02. The summed E-state index contributed by atoms with van der Waals surface area (Å²) in [5.41, 5.74) is -1.92. The highest BCUT2D eigenvalue weighted by Gasteiger charge is 2.74. The number of hydrogen-bond acceptors (Lipinski definition) is 4.